The van der Waals surface area contributed by atoms with E-state index < -0.39 is 6.04 Å². The van der Waals surface area contributed by atoms with Crippen molar-refractivity contribution in [1.82, 2.24) is 30.1 Å². The standard InChI is InChI=1S/C28H32N6O2S/c1-5-19-11-12-24-20(15-19)16-23(27(35)29-24)25(26-30-31-32-34(26)28(3,4)6-2)33(17-21-9-7-13-36-21)18-22-10-8-14-37-22/h7-16,25H,5-6,17-18H2,1-4H3,(H,29,35)/t25-/m0/s1. The molecule has 0 spiro atoms. The normalized spacial score (nSPS) is 13.0. The van der Waals surface area contributed by atoms with Gasteiger partial charge < -0.3 is 9.40 Å². The first-order valence-corrected chi connectivity index (χ1v) is 13.5. The molecular formula is C28H32N6O2S. The first kappa shape index (κ1) is 25.1. The van der Waals surface area contributed by atoms with Crippen molar-refractivity contribution in [1.29, 1.82) is 0 Å². The van der Waals surface area contributed by atoms with Crippen molar-refractivity contribution in [3.8, 4) is 0 Å². The van der Waals surface area contributed by atoms with Gasteiger partial charge in [-0.05, 0) is 89.8 Å². The molecule has 0 aliphatic rings. The number of nitrogens with one attached hydrogen (secondary N) is 1. The monoisotopic (exact) mass is 516 g/mol. The number of aromatic nitrogens is 5. The minimum atomic E-state index is -0.508. The van der Waals surface area contributed by atoms with Crippen molar-refractivity contribution in [2.75, 3.05) is 0 Å². The Morgan fingerprint density at radius 1 is 1.14 bits per heavy atom. The molecule has 9 heteroatoms. The molecule has 0 fully saturated rings. The minimum absolute atomic E-state index is 0.152. The lowest BCUT2D eigenvalue weighted by Crippen LogP contribution is -2.37. The van der Waals surface area contributed by atoms with E-state index in [0.29, 0.717) is 24.5 Å². The van der Waals surface area contributed by atoms with Crippen LogP contribution >= 0.6 is 11.3 Å². The Morgan fingerprint density at radius 3 is 2.70 bits per heavy atom. The molecule has 0 unspecified atom stereocenters. The number of pyridine rings is 1. The first-order valence-electron chi connectivity index (χ1n) is 12.6. The molecule has 0 saturated heterocycles. The van der Waals surface area contributed by atoms with Crippen LogP contribution in [0, 0.1) is 0 Å². The maximum atomic E-state index is 13.7. The van der Waals surface area contributed by atoms with Gasteiger partial charge in [-0.15, -0.1) is 16.4 Å². The second-order valence-corrected chi connectivity index (χ2v) is 10.9. The Labute approximate surface area is 219 Å². The van der Waals surface area contributed by atoms with Crippen LogP contribution in [0.1, 0.15) is 67.7 Å². The quantitative estimate of drug-likeness (QED) is 0.257. The Bertz CT molecular complexity index is 1480. The zero-order valence-electron chi connectivity index (χ0n) is 21.6. The molecule has 0 bridgehead atoms. The molecule has 0 amide bonds. The van der Waals surface area contributed by atoms with E-state index in [-0.39, 0.29) is 11.1 Å². The Balaban J connectivity index is 1.73. The molecule has 4 heterocycles. The molecule has 0 aliphatic heterocycles. The molecule has 1 N–H and O–H groups in total. The molecule has 0 radical (unpaired) electrons. The van der Waals surface area contributed by atoms with E-state index in [9.17, 15) is 4.79 Å². The maximum absolute atomic E-state index is 13.7. The Hall–Kier alpha value is -3.56. The van der Waals surface area contributed by atoms with Gasteiger partial charge in [-0.25, -0.2) is 4.68 Å². The zero-order valence-corrected chi connectivity index (χ0v) is 22.5. The van der Waals surface area contributed by atoms with Crippen LogP contribution in [0.25, 0.3) is 10.9 Å². The molecular weight excluding hydrogens is 484 g/mol. The number of furan rings is 1. The summed E-state index contributed by atoms with van der Waals surface area (Å²) in [6.07, 6.45) is 3.42. The summed E-state index contributed by atoms with van der Waals surface area (Å²) in [5.41, 5.74) is 2.14. The zero-order chi connectivity index (χ0) is 26.0. The molecule has 0 aliphatic carbocycles. The van der Waals surface area contributed by atoms with Gasteiger partial charge in [-0.2, -0.15) is 0 Å². The second kappa shape index (κ2) is 10.4. The van der Waals surface area contributed by atoms with E-state index in [1.165, 1.54) is 10.4 Å². The van der Waals surface area contributed by atoms with Gasteiger partial charge in [0.05, 0.1) is 18.3 Å². The van der Waals surface area contributed by atoms with Crippen molar-refractivity contribution in [2.45, 2.75) is 65.2 Å². The molecule has 1 aromatic carbocycles. The largest absolute Gasteiger partial charge is 0.468 e. The molecule has 1 atom stereocenters. The molecule has 37 heavy (non-hydrogen) atoms. The summed E-state index contributed by atoms with van der Waals surface area (Å²) in [4.78, 5) is 20.2. The average molecular weight is 517 g/mol. The number of tetrazole rings is 1. The predicted molar refractivity (Wildman–Crippen MR) is 145 cm³/mol. The highest BCUT2D eigenvalue weighted by Gasteiger charge is 2.35. The van der Waals surface area contributed by atoms with Crippen molar-refractivity contribution in [3.05, 3.63) is 98.1 Å². The van der Waals surface area contributed by atoms with E-state index in [0.717, 1.165) is 29.5 Å². The van der Waals surface area contributed by atoms with E-state index >= 15 is 0 Å². The SMILES string of the molecule is CCc1ccc2[nH]c(=O)c([C@@H](c3nnnn3C(C)(C)CC)N(Cc3ccco3)Cc3cccs3)cc2c1. The summed E-state index contributed by atoms with van der Waals surface area (Å²) < 4.78 is 7.62. The number of rotatable bonds is 10. The topological polar surface area (TPSA) is 92.8 Å². The predicted octanol–water partition coefficient (Wildman–Crippen LogP) is 5.67. The van der Waals surface area contributed by atoms with Crippen LogP contribution < -0.4 is 5.56 Å². The lowest BCUT2D eigenvalue weighted by Gasteiger charge is -2.33. The summed E-state index contributed by atoms with van der Waals surface area (Å²) in [7, 11) is 0. The Morgan fingerprint density at radius 2 is 2.00 bits per heavy atom. The molecule has 4 aromatic heterocycles. The van der Waals surface area contributed by atoms with Gasteiger partial charge in [0.25, 0.3) is 5.56 Å². The van der Waals surface area contributed by atoms with Crippen LogP contribution in [0.15, 0.2) is 69.4 Å². The fourth-order valence-electron chi connectivity index (χ4n) is 4.58. The van der Waals surface area contributed by atoms with Gasteiger partial charge in [0, 0.05) is 22.5 Å². The van der Waals surface area contributed by atoms with Crippen LogP contribution in [-0.2, 0) is 25.0 Å². The maximum Gasteiger partial charge on any atom is 0.253 e. The highest BCUT2D eigenvalue weighted by molar-refractivity contribution is 7.09. The number of hydrogen-bond donors (Lipinski definition) is 1. The summed E-state index contributed by atoms with van der Waals surface area (Å²) in [6, 6.07) is 15.6. The van der Waals surface area contributed by atoms with Crippen molar-refractivity contribution in [3.63, 3.8) is 0 Å². The molecule has 5 aromatic rings. The van der Waals surface area contributed by atoms with E-state index in [1.54, 1.807) is 17.6 Å². The second-order valence-electron chi connectivity index (χ2n) is 9.91. The lowest BCUT2D eigenvalue weighted by atomic mass is 9.98. The smallest absolute Gasteiger partial charge is 0.253 e. The van der Waals surface area contributed by atoms with Crippen LogP contribution in [-0.4, -0.2) is 30.1 Å². The van der Waals surface area contributed by atoms with Crippen LogP contribution in [0.3, 0.4) is 0 Å². The van der Waals surface area contributed by atoms with Crippen LogP contribution in [0.4, 0.5) is 0 Å². The number of hydrogen-bond acceptors (Lipinski definition) is 7. The third-order valence-corrected chi connectivity index (χ3v) is 7.92. The van der Waals surface area contributed by atoms with Crippen LogP contribution in [0.2, 0.25) is 0 Å². The van der Waals surface area contributed by atoms with Crippen molar-refractivity contribution >= 4 is 22.2 Å². The van der Waals surface area contributed by atoms with E-state index in [1.807, 2.05) is 35.0 Å². The first-order chi connectivity index (χ1) is 17.9. The van der Waals surface area contributed by atoms with Gasteiger partial charge in [0.2, 0.25) is 0 Å². The Kier molecular flexibility index (Phi) is 7.08. The lowest BCUT2D eigenvalue weighted by molar-refractivity contribution is 0.169. The minimum Gasteiger partial charge on any atom is -0.468 e. The van der Waals surface area contributed by atoms with Gasteiger partial charge in [-0.3, -0.25) is 9.69 Å². The number of H-pyrrole nitrogens is 1. The number of aromatic amines is 1. The fraction of sp³-hybridized carbons (Fsp3) is 0.357. The number of nitrogens with zero attached hydrogens (tertiary/aromatic N) is 5. The summed E-state index contributed by atoms with van der Waals surface area (Å²) in [5.74, 6) is 1.44. The molecule has 192 valence electrons. The van der Waals surface area contributed by atoms with Crippen LogP contribution in [0.5, 0.6) is 0 Å². The highest BCUT2D eigenvalue weighted by Crippen LogP contribution is 2.33. The van der Waals surface area contributed by atoms with Gasteiger partial charge >= 0.3 is 0 Å². The highest BCUT2D eigenvalue weighted by atomic mass is 32.1. The number of fused-ring (bicyclic) bond motifs is 1. The fourth-order valence-corrected chi connectivity index (χ4v) is 5.31. The molecule has 8 nitrogen and oxygen atoms in total. The number of thiophene rings is 1. The summed E-state index contributed by atoms with van der Waals surface area (Å²) in [6.45, 7) is 9.55. The van der Waals surface area contributed by atoms with Crippen molar-refractivity contribution in [2.24, 2.45) is 0 Å². The van der Waals surface area contributed by atoms with Gasteiger partial charge in [0.1, 0.15) is 11.8 Å². The molecule has 5 rings (SSSR count). The third-order valence-electron chi connectivity index (χ3n) is 7.06. The third kappa shape index (κ3) is 5.14. The van der Waals surface area contributed by atoms with Crippen molar-refractivity contribution < 1.29 is 4.42 Å². The summed E-state index contributed by atoms with van der Waals surface area (Å²) >= 11 is 1.68. The van der Waals surface area contributed by atoms with E-state index in [2.05, 4.69) is 76.7 Å². The summed E-state index contributed by atoms with van der Waals surface area (Å²) in [5, 5.41) is 16.1. The average Bonchev–Trinajstić information content (AvgIpc) is 3.68. The number of aryl methyl sites for hydroxylation is 1. The van der Waals surface area contributed by atoms with Gasteiger partial charge in [0.15, 0.2) is 5.82 Å². The molecule has 0 saturated carbocycles. The van der Waals surface area contributed by atoms with E-state index in [4.69, 9.17) is 4.42 Å². The van der Waals surface area contributed by atoms with Gasteiger partial charge in [-0.1, -0.05) is 26.0 Å². The number of benzene rings is 1.